The highest BCUT2D eigenvalue weighted by Crippen LogP contribution is 2.16. The molecule has 0 saturated carbocycles. The van der Waals surface area contributed by atoms with Crippen molar-refractivity contribution >= 4 is 8.58 Å². The van der Waals surface area contributed by atoms with Crippen LogP contribution in [-0.2, 0) is 0 Å². The molecule has 0 aromatic carbocycles. The van der Waals surface area contributed by atoms with Gasteiger partial charge >= 0.3 is 0 Å². The Labute approximate surface area is 129 Å². The summed E-state index contributed by atoms with van der Waals surface area (Å²) < 4.78 is 0. The van der Waals surface area contributed by atoms with Gasteiger partial charge in [-0.25, -0.2) is 0 Å². The van der Waals surface area contributed by atoms with Crippen LogP contribution in [0.5, 0.6) is 0 Å². The number of allylic oxidation sites excluding steroid dienone is 6. The Balaban J connectivity index is 3.74. The zero-order chi connectivity index (χ0) is 15.2. The molecule has 116 valence electrons. The van der Waals surface area contributed by atoms with Crippen LogP contribution in [0.3, 0.4) is 0 Å². The van der Waals surface area contributed by atoms with E-state index in [1.165, 1.54) is 56.4 Å². The first kappa shape index (κ1) is 19.7. The Morgan fingerprint density at radius 1 is 0.850 bits per heavy atom. The molecule has 0 radical (unpaired) electrons. The van der Waals surface area contributed by atoms with Crippen LogP contribution >= 0.6 is 8.58 Å². The smallest absolute Gasteiger partial charge is 0.0170 e. The van der Waals surface area contributed by atoms with Gasteiger partial charge in [0.1, 0.15) is 0 Å². The van der Waals surface area contributed by atoms with Crippen LogP contribution in [0.25, 0.3) is 0 Å². The average molecular weight is 294 g/mol. The summed E-state index contributed by atoms with van der Waals surface area (Å²) >= 11 is 0. The van der Waals surface area contributed by atoms with E-state index in [1.54, 1.807) is 11.1 Å². The van der Waals surface area contributed by atoms with E-state index in [-0.39, 0.29) is 0 Å². The first-order chi connectivity index (χ1) is 9.56. The lowest BCUT2D eigenvalue weighted by molar-refractivity contribution is 0.894. The fourth-order valence-electron chi connectivity index (χ4n) is 1.99. The van der Waals surface area contributed by atoms with Crippen LogP contribution in [0.2, 0.25) is 0 Å². The van der Waals surface area contributed by atoms with Gasteiger partial charge in [-0.1, -0.05) is 48.3 Å². The lowest BCUT2D eigenvalue weighted by Crippen LogP contribution is -1.82. The third-order valence-electron chi connectivity index (χ3n) is 3.42. The minimum absolute atomic E-state index is 1.13. The summed E-state index contributed by atoms with van der Waals surface area (Å²) in [4.78, 5) is 0. The Morgan fingerprint density at radius 2 is 1.45 bits per heavy atom. The van der Waals surface area contributed by atoms with E-state index in [0.717, 1.165) is 8.58 Å². The second-order valence-electron chi connectivity index (χ2n) is 6.02. The molecule has 0 aliphatic carbocycles. The molecule has 20 heavy (non-hydrogen) atoms. The van der Waals surface area contributed by atoms with Gasteiger partial charge in [-0.05, 0) is 72.1 Å². The average Bonchev–Trinajstić information content (AvgIpc) is 2.38. The van der Waals surface area contributed by atoms with Crippen LogP contribution in [-0.4, -0.2) is 12.3 Å². The van der Waals surface area contributed by atoms with Gasteiger partial charge in [-0.2, -0.15) is 0 Å². The maximum absolute atomic E-state index is 2.46. The Morgan fingerprint density at radius 3 is 2.05 bits per heavy atom. The van der Waals surface area contributed by atoms with Crippen molar-refractivity contribution < 1.29 is 0 Å². The zero-order valence-electron chi connectivity index (χ0n) is 14.4. The van der Waals surface area contributed by atoms with Gasteiger partial charge in [0, 0.05) is 0 Å². The SMILES string of the molecule is CCCCPC/C=C(\C)CC/C=C(\C)CCC=C(C)C. The molecule has 0 heterocycles. The van der Waals surface area contributed by atoms with Crippen LogP contribution in [0, 0.1) is 0 Å². The molecule has 0 aliphatic rings. The summed E-state index contributed by atoms with van der Waals surface area (Å²) in [5.41, 5.74) is 4.54. The van der Waals surface area contributed by atoms with E-state index in [2.05, 4.69) is 52.8 Å². The van der Waals surface area contributed by atoms with Crippen molar-refractivity contribution in [3.05, 3.63) is 34.9 Å². The number of unbranched alkanes of at least 4 members (excludes halogenated alkanes) is 1. The van der Waals surface area contributed by atoms with Crippen molar-refractivity contribution in [2.75, 3.05) is 12.3 Å². The monoisotopic (exact) mass is 294 g/mol. The molecule has 0 rings (SSSR count). The van der Waals surface area contributed by atoms with Crippen molar-refractivity contribution in [3.8, 4) is 0 Å². The summed E-state index contributed by atoms with van der Waals surface area (Å²) in [6.45, 7) is 11.2. The normalized spacial score (nSPS) is 13.2. The number of hydrogen-bond donors (Lipinski definition) is 0. The highest BCUT2D eigenvalue weighted by molar-refractivity contribution is 7.38. The molecule has 0 fully saturated rings. The van der Waals surface area contributed by atoms with Crippen LogP contribution in [0.4, 0.5) is 0 Å². The number of rotatable bonds is 11. The van der Waals surface area contributed by atoms with Gasteiger partial charge in [0.15, 0.2) is 0 Å². The topological polar surface area (TPSA) is 0 Å². The van der Waals surface area contributed by atoms with Crippen molar-refractivity contribution in [2.45, 2.75) is 73.1 Å². The third-order valence-corrected chi connectivity index (χ3v) is 4.62. The Hall–Kier alpha value is -0.350. The predicted molar refractivity (Wildman–Crippen MR) is 98.4 cm³/mol. The minimum atomic E-state index is 1.13. The first-order valence-electron chi connectivity index (χ1n) is 8.21. The standard InChI is InChI=1S/C19H35P/c1-6-7-15-20-16-14-19(5)13-9-12-18(4)11-8-10-17(2)3/h10,12,14,20H,6-9,11,13,15-16H2,1-5H3/b18-12+,19-14+. The van der Waals surface area contributed by atoms with Gasteiger partial charge < -0.3 is 0 Å². The third kappa shape index (κ3) is 14.1. The van der Waals surface area contributed by atoms with Crippen molar-refractivity contribution in [1.82, 2.24) is 0 Å². The summed E-state index contributed by atoms with van der Waals surface area (Å²) in [6.07, 6.45) is 17.5. The highest BCUT2D eigenvalue weighted by Gasteiger charge is 1.92. The van der Waals surface area contributed by atoms with E-state index >= 15 is 0 Å². The molecule has 0 aromatic heterocycles. The maximum Gasteiger partial charge on any atom is -0.0170 e. The van der Waals surface area contributed by atoms with E-state index < -0.39 is 0 Å². The molecule has 0 aliphatic heterocycles. The molecule has 1 atom stereocenters. The van der Waals surface area contributed by atoms with E-state index in [0.29, 0.717) is 0 Å². The lowest BCUT2D eigenvalue weighted by Gasteiger charge is -2.02. The second-order valence-corrected chi connectivity index (χ2v) is 7.43. The van der Waals surface area contributed by atoms with Crippen LogP contribution in [0.15, 0.2) is 34.9 Å². The fourth-order valence-corrected chi connectivity index (χ4v) is 3.29. The molecule has 0 bridgehead atoms. The summed E-state index contributed by atoms with van der Waals surface area (Å²) in [6, 6.07) is 0. The summed E-state index contributed by atoms with van der Waals surface area (Å²) in [5.74, 6) is 0. The van der Waals surface area contributed by atoms with E-state index in [1.807, 2.05) is 0 Å². The maximum atomic E-state index is 2.46. The molecule has 1 unspecified atom stereocenters. The fraction of sp³-hybridized carbons (Fsp3) is 0.684. The van der Waals surface area contributed by atoms with Crippen LogP contribution < -0.4 is 0 Å². The van der Waals surface area contributed by atoms with Crippen molar-refractivity contribution in [1.29, 1.82) is 0 Å². The number of hydrogen-bond acceptors (Lipinski definition) is 0. The largest absolute Gasteiger partial charge is 0.118 e. The molecule has 0 aromatic rings. The molecular formula is C19H35P. The lowest BCUT2D eigenvalue weighted by atomic mass is 10.1. The molecule has 0 spiro atoms. The quantitative estimate of drug-likeness (QED) is 0.221. The van der Waals surface area contributed by atoms with Gasteiger partial charge in [0.05, 0.1) is 0 Å². The van der Waals surface area contributed by atoms with Gasteiger partial charge in [0.2, 0.25) is 0 Å². The van der Waals surface area contributed by atoms with E-state index in [9.17, 15) is 0 Å². The van der Waals surface area contributed by atoms with Gasteiger partial charge in [-0.15, -0.1) is 8.58 Å². The molecular weight excluding hydrogens is 259 g/mol. The minimum Gasteiger partial charge on any atom is -0.118 e. The molecule has 0 N–H and O–H groups in total. The molecule has 0 nitrogen and oxygen atoms in total. The van der Waals surface area contributed by atoms with Crippen molar-refractivity contribution in [3.63, 3.8) is 0 Å². The highest BCUT2D eigenvalue weighted by atomic mass is 31.1. The summed E-state index contributed by atoms with van der Waals surface area (Å²) in [7, 11) is 1.13. The predicted octanol–water partition coefficient (Wildman–Crippen LogP) is 6.88. The zero-order valence-corrected chi connectivity index (χ0v) is 15.4. The van der Waals surface area contributed by atoms with E-state index in [4.69, 9.17) is 0 Å². The first-order valence-corrected chi connectivity index (χ1v) is 9.63. The second kappa shape index (κ2) is 13.6. The molecule has 1 heteroatoms. The Bertz CT molecular complexity index is 317. The van der Waals surface area contributed by atoms with Gasteiger partial charge in [-0.3, -0.25) is 0 Å². The van der Waals surface area contributed by atoms with Crippen molar-refractivity contribution in [2.24, 2.45) is 0 Å². The molecule has 0 saturated heterocycles. The summed E-state index contributed by atoms with van der Waals surface area (Å²) in [5, 5.41) is 0. The Kier molecular flexibility index (Phi) is 13.4. The van der Waals surface area contributed by atoms with Gasteiger partial charge in [0.25, 0.3) is 0 Å². The van der Waals surface area contributed by atoms with Crippen LogP contribution in [0.1, 0.15) is 73.1 Å². The molecule has 0 amide bonds.